The highest BCUT2D eigenvalue weighted by atomic mass is 32.2. The lowest BCUT2D eigenvalue weighted by Crippen LogP contribution is -2.32. The first kappa shape index (κ1) is 20.3. The number of hydrogen-bond acceptors (Lipinski definition) is 4. The number of nitrogens with one attached hydrogen (secondary N) is 1. The van der Waals surface area contributed by atoms with Gasteiger partial charge in [0.15, 0.2) is 0 Å². The Bertz CT molecular complexity index is 804. The summed E-state index contributed by atoms with van der Waals surface area (Å²) >= 11 is 0. The van der Waals surface area contributed by atoms with Gasteiger partial charge in [0.2, 0.25) is 10.0 Å². The molecule has 6 heteroatoms. The molecular weight excluding hydrogens is 348 g/mol. The summed E-state index contributed by atoms with van der Waals surface area (Å²) in [6.07, 6.45) is 2.14. The fraction of sp³-hybridized carbons (Fsp3) is 0.400. The van der Waals surface area contributed by atoms with Crippen molar-refractivity contribution >= 4 is 15.7 Å². The number of aryl methyl sites for hydroxylation is 1. The van der Waals surface area contributed by atoms with Crippen LogP contribution in [0, 0.1) is 6.92 Å². The molecule has 0 fully saturated rings. The fourth-order valence-corrected chi connectivity index (χ4v) is 3.31. The van der Waals surface area contributed by atoms with E-state index in [1.54, 1.807) is 12.1 Å². The lowest BCUT2D eigenvalue weighted by atomic mass is 10.1. The third kappa shape index (κ3) is 7.06. The van der Waals surface area contributed by atoms with Gasteiger partial charge in [-0.3, -0.25) is 4.72 Å². The van der Waals surface area contributed by atoms with Crippen LogP contribution in [0.2, 0.25) is 0 Å². The van der Waals surface area contributed by atoms with Crippen LogP contribution in [0.1, 0.15) is 18.1 Å². The summed E-state index contributed by atoms with van der Waals surface area (Å²) < 4.78 is 30.9. The smallest absolute Gasteiger partial charge is 0.229 e. The summed E-state index contributed by atoms with van der Waals surface area (Å²) in [6.45, 7) is 5.87. The molecule has 26 heavy (non-hydrogen) atoms. The van der Waals surface area contributed by atoms with E-state index >= 15 is 0 Å². The van der Waals surface area contributed by atoms with Gasteiger partial charge >= 0.3 is 0 Å². The van der Waals surface area contributed by atoms with Crippen molar-refractivity contribution in [2.45, 2.75) is 26.4 Å². The fourth-order valence-electron chi connectivity index (χ4n) is 2.75. The number of nitrogens with zero attached hydrogens (tertiary/aromatic N) is 1. The molecular formula is C20H28N2O3S. The molecule has 142 valence electrons. The van der Waals surface area contributed by atoms with E-state index < -0.39 is 10.0 Å². The van der Waals surface area contributed by atoms with Crippen molar-refractivity contribution < 1.29 is 13.2 Å². The number of rotatable bonds is 9. The van der Waals surface area contributed by atoms with Crippen LogP contribution in [0.25, 0.3) is 0 Å². The molecule has 5 nitrogen and oxygen atoms in total. The van der Waals surface area contributed by atoms with Crippen molar-refractivity contribution in [3.63, 3.8) is 0 Å². The first-order chi connectivity index (χ1) is 12.2. The van der Waals surface area contributed by atoms with Gasteiger partial charge in [-0.15, -0.1) is 0 Å². The van der Waals surface area contributed by atoms with E-state index in [-0.39, 0.29) is 6.10 Å². The topological polar surface area (TPSA) is 58.6 Å². The molecule has 2 aromatic carbocycles. The summed E-state index contributed by atoms with van der Waals surface area (Å²) in [7, 11) is -1.15. The van der Waals surface area contributed by atoms with E-state index in [0.717, 1.165) is 37.1 Å². The van der Waals surface area contributed by atoms with Gasteiger partial charge in [0.25, 0.3) is 0 Å². The zero-order chi connectivity index (χ0) is 19.2. The van der Waals surface area contributed by atoms with Gasteiger partial charge in [-0.1, -0.05) is 30.3 Å². The second-order valence-electron chi connectivity index (χ2n) is 6.78. The molecule has 0 spiro atoms. The van der Waals surface area contributed by atoms with Crippen LogP contribution in [0.15, 0.2) is 48.5 Å². The standard InChI is InChI=1S/C20H28N2O3S/c1-16-7-5-6-8-20(16)25-17(2)15-22(3)14-13-18-9-11-19(12-10-18)21-26(4,23)24/h5-12,17,21H,13-15H2,1-4H3. The zero-order valence-electron chi connectivity index (χ0n) is 15.9. The summed E-state index contributed by atoms with van der Waals surface area (Å²) in [5.74, 6) is 0.933. The maximum Gasteiger partial charge on any atom is 0.229 e. The Labute approximate surface area is 157 Å². The third-order valence-corrected chi connectivity index (χ3v) is 4.64. The molecule has 0 aliphatic carbocycles. The Kier molecular flexibility index (Phi) is 7.06. The van der Waals surface area contributed by atoms with Crippen LogP contribution in [0.5, 0.6) is 5.75 Å². The molecule has 0 bridgehead atoms. The van der Waals surface area contributed by atoms with Gasteiger partial charge in [0, 0.05) is 18.8 Å². The summed E-state index contributed by atoms with van der Waals surface area (Å²) in [5, 5.41) is 0. The molecule has 1 unspecified atom stereocenters. The molecule has 1 atom stereocenters. The van der Waals surface area contributed by atoms with Crippen LogP contribution >= 0.6 is 0 Å². The van der Waals surface area contributed by atoms with Crippen molar-refractivity contribution in [3.05, 3.63) is 59.7 Å². The minimum Gasteiger partial charge on any atom is -0.489 e. The Morgan fingerprint density at radius 1 is 1.12 bits per heavy atom. The Hall–Kier alpha value is -2.05. The van der Waals surface area contributed by atoms with E-state index in [0.29, 0.717) is 5.69 Å². The quantitative estimate of drug-likeness (QED) is 0.729. The number of hydrogen-bond donors (Lipinski definition) is 1. The molecule has 0 aliphatic heterocycles. The van der Waals surface area contributed by atoms with Crippen LogP contribution in [0.4, 0.5) is 5.69 Å². The third-order valence-electron chi connectivity index (χ3n) is 4.03. The number of anilines is 1. The van der Waals surface area contributed by atoms with E-state index in [1.165, 1.54) is 5.56 Å². The molecule has 0 heterocycles. The number of likely N-dealkylation sites (N-methyl/N-ethyl adjacent to an activating group) is 1. The van der Waals surface area contributed by atoms with Crippen molar-refractivity contribution in [2.24, 2.45) is 0 Å². The highest BCUT2D eigenvalue weighted by Gasteiger charge is 2.10. The molecule has 0 aromatic heterocycles. The number of para-hydroxylation sites is 1. The van der Waals surface area contributed by atoms with E-state index in [2.05, 4.69) is 23.6 Å². The normalized spacial score (nSPS) is 12.8. The summed E-state index contributed by atoms with van der Waals surface area (Å²) in [6, 6.07) is 15.5. The summed E-state index contributed by atoms with van der Waals surface area (Å²) in [4.78, 5) is 2.24. The predicted octanol–water partition coefficient (Wildman–Crippen LogP) is 3.31. The molecule has 2 aromatic rings. The molecule has 0 radical (unpaired) electrons. The molecule has 0 saturated carbocycles. The van der Waals surface area contributed by atoms with E-state index in [9.17, 15) is 8.42 Å². The predicted molar refractivity (Wildman–Crippen MR) is 107 cm³/mol. The van der Waals surface area contributed by atoms with Crippen LogP contribution in [-0.2, 0) is 16.4 Å². The van der Waals surface area contributed by atoms with Crippen LogP contribution < -0.4 is 9.46 Å². The summed E-state index contributed by atoms with van der Waals surface area (Å²) in [5.41, 5.74) is 2.90. The van der Waals surface area contributed by atoms with Crippen molar-refractivity contribution in [3.8, 4) is 5.75 Å². The number of benzene rings is 2. The molecule has 0 aliphatic rings. The van der Waals surface area contributed by atoms with Gasteiger partial charge in [-0.25, -0.2) is 8.42 Å². The van der Waals surface area contributed by atoms with Crippen molar-refractivity contribution in [1.82, 2.24) is 4.90 Å². The minimum atomic E-state index is -3.23. The van der Waals surface area contributed by atoms with Crippen LogP contribution in [0.3, 0.4) is 0 Å². The average molecular weight is 377 g/mol. The SMILES string of the molecule is Cc1ccccc1OC(C)CN(C)CCc1ccc(NS(C)(=O)=O)cc1. The lowest BCUT2D eigenvalue weighted by Gasteiger charge is -2.23. The first-order valence-corrected chi connectivity index (χ1v) is 10.6. The highest BCUT2D eigenvalue weighted by molar-refractivity contribution is 7.92. The molecule has 2 rings (SSSR count). The van der Waals surface area contributed by atoms with Gasteiger partial charge in [-0.2, -0.15) is 0 Å². The maximum absolute atomic E-state index is 11.2. The Morgan fingerprint density at radius 2 is 1.77 bits per heavy atom. The van der Waals surface area contributed by atoms with E-state index in [1.807, 2.05) is 43.3 Å². The Balaban J connectivity index is 1.79. The average Bonchev–Trinajstić information content (AvgIpc) is 2.55. The van der Waals surface area contributed by atoms with Gasteiger partial charge in [0.1, 0.15) is 11.9 Å². The Morgan fingerprint density at radius 3 is 2.38 bits per heavy atom. The maximum atomic E-state index is 11.2. The number of sulfonamides is 1. The van der Waals surface area contributed by atoms with E-state index in [4.69, 9.17) is 4.74 Å². The van der Waals surface area contributed by atoms with Gasteiger partial charge in [0.05, 0.1) is 6.26 Å². The lowest BCUT2D eigenvalue weighted by molar-refractivity contribution is 0.162. The number of ether oxygens (including phenoxy) is 1. The second-order valence-corrected chi connectivity index (χ2v) is 8.53. The first-order valence-electron chi connectivity index (χ1n) is 8.70. The second kappa shape index (κ2) is 9.05. The van der Waals surface area contributed by atoms with Crippen molar-refractivity contribution in [2.75, 3.05) is 31.1 Å². The highest BCUT2D eigenvalue weighted by Crippen LogP contribution is 2.18. The molecule has 0 saturated heterocycles. The van der Waals surface area contributed by atoms with Gasteiger partial charge in [-0.05, 0) is 56.6 Å². The van der Waals surface area contributed by atoms with Gasteiger partial charge < -0.3 is 9.64 Å². The largest absolute Gasteiger partial charge is 0.489 e. The molecule has 0 amide bonds. The van der Waals surface area contributed by atoms with Crippen molar-refractivity contribution in [1.29, 1.82) is 0 Å². The molecule has 1 N–H and O–H groups in total. The minimum absolute atomic E-state index is 0.0995. The monoisotopic (exact) mass is 376 g/mol. The van der Waals surface area contributed by atoms with Crippen LogP contribution in [-0.4, -0.2) is 45.8 Å². The zero-order valence-corrected chi connectivity index (χ0v) is 16.7.